The zero-order chi connectivity index (χ0) is 16.8. The van der Waals surface area contributed by atoms with Crippen LogP contribution < -0.4 is 5.06 Å². The minimum Gasteiger partial charge on any atom is -0.360 e. The lowest BCUT2D eigenvalue weighted by Gasteiger charge is -2.18. The molecule has 0 bridgehead atoms. The van der Waals surface area contributed by atoms with Crippen LogP contribution in [0.1, 0.15) is 31.5 Å². The lowest BCUT2D eigenvalue weighted by atomic mass is 10.0. The average molecular weight is 331 g/mol. The molecule has 24 heavy (non-hydrogen) atoms. The fraction of sp³-hybridized carbons (Fsp3) is 0.250. The molecule has 1 unspecified atom stereocenters. The Hall–Kier alpha value is -2.74. The lowest BCUT2D eigenvalue weighted by molar-refractivity contribution is 0.109. The summed E-state index contributed by atoms with van der Waals surface area (Å²) in [5, 5.41) is 7.50. The molecule has 3 aromatic rings. The van der Waals surface area contributed by atoms with Gasteiger partial charge in [-0.1, -0.05) is 0 Å². The third kappa shape index (κ3) is 2.18. The number of anilines is 1. The number of allylic oxidation sites excluding steroid dienone is 1. The Morgan fingerprint density at radius 2 is 2.21 bits per heavy atom. The van der Waals surface area contributed by atoms with Gasteiger partial charge < -0.3 is 4.98 Å². The van der Waals surface area contributed by atoms with E-state index in [1.807, 2.05) is 32.2 Å². The molecule has 4 heterocycles. The van der Waals surface area contributed by atoms with Crippen LogP contribution in [0.25, 0.3) is 16.6 Å². The molecule has 2 N–H and O–H groups in total. The number of hydrogen-bond acceptors (Lipinski definition) is 4. The SMILES string of the molecule is CC1=C(c2cnc3cc[nH]c3c2)C(C)ON1c1c[nH]nc1C(F)F. The maximum Gasteiger partial charge on any atom is 0.284 e. The van der Waals surface area contributed by atoms with Crippen LogP contribution in [0.2, 0.25) is 0 Å². The molecule has 0 aromatic carbocycles. The molecule has 0 radical (unpaired) electrons. The smallest absolute Gasteiger partial charge is 0.284 e. The molecule has 1 aliphatic rings. The van der Waals surface area contributed by atoms with Crippen LogP contribution in [0.4, 0.5) is 14.5 Å². The van der Waals surface area contributed by atoms with Gasteiger partial charge in [-0.3, -0.25) is 14.9 Å². The van der Waals surface area contributed by atoms with E-state index in [1.165, 1.54) is 11.3 Å². The monoisotopic (exact) mass is 331 g/mol. The van der Waals surface area contributed by atoms with Gasteiger partial charge in [0.25, 0.3) is 6.43 Å². The first-order valence-corrected chi connectivity index (χ1v) is 7.49. The normalized spacial score (nSPS) is 18.4. The van der Waals surface area contributed by atoms with Crippen molar-refractivity contribution in [2.24, 2.45) is 0 Å². The minimum absolute atomic E-state index is 0.221. The third-order valence-electron chi connectivity index (χ3n) is 4.15. The molecule has 0 amide bonds. The zero-order valence-corrected chi connectivity index (χ0v) is 13.0. The summed E-state index contributed by atoms with van der Waals surface area (Å²) in [6.45, 7) is 3.71. The van der Waals surface area contributed by atoms with Crippen LogP contribution in [0.5, 0.6) is 0 Å². The van der Waals surface area contributed by atoms with Gasteiger partial charge in [0, 0.05) is 29.7 Å². The predicted molar refractivity (Wildman–Crippen MR) is 85.3 cm³/mol. The maximum absolute atomic E-state index is 13.1. The van der Waals surface area contributed by atoms with Gasteiger partial charge in [0.2, 0.25) is 0 Å². The summed E-state index contributed by atoms with van der Waals surface area (Å²) in [6.07, 6.45) is 2.03. The first-order chi connectivity index (χ1) is 11.6. The predicted octanol–water partition coefficient (Wildman–Crippen LogP) is 3.79. The van der Waals surface area contributed by atoms with Crippen molar-refractivity contribution < 1.29 is 13.6 Å². The number of nitrogens with zero attached hydrogens (tertiary/aromatic N) is 3. The minimum atomic E-state index is -2.68. The quantitative estimate of drug-likeness (QED) is 0.766. The first kappa shape index (κ1) is 14.8. The van der Waals surface area contributed by atoms with E-state index in [4.69, 9.17) is 4.84 Å². The molecule has 0 fully saturated rings. The summed E-state index contributed by atoms with van der Waals surface area (Å²) >= 11 is 0. The molecule has 4 rings (SSSR count). The standard InChI is InChI=1S/C16H15F2N5O/c1-8-14(10-5-12-11(20-6-10)3-4-19-12)9(2)24-23(8)13-7-21-22-15(13)16(17)18/h3-7,9,16,19H,1-2H3,(H,21,22). The van der Waals surface area contributed by atoms with Crippen molar-refractivity contribution >= 4 is 22.3 Å². The van der Waals surface area contributed by atoms with Gasteiger partial charge in [0.05, 0.1) is 16.7 Å². The van der Waals surface area contributed by atoms with E-state index in [2.05, 4.69) is 20.2 Å². The van der Waals surface area contributed by atoms with Crippen molar-refractivity contribution in [2.75, 3.05) is 5.06 Å². The average Bonchev–Trinajstić information content (AvgIpc) is 3.25. The van der Waals surface area contributed by atoms with E-state index in [1.54, 1.807) is 6.20 Å². The number of alkyl halides is 2. The number of H-pyrrole nitrogens is 2. The van der Waals surface area contributed by atoms with E-state index in [0.29, 0.717) is 0 Å². The van der Waals surface area contributed by atoms with Crippen molar-refractivity contribution in [3.8, 4) is 0 Å². The Balaban J connectivity index is 1.79. The van der Waals surface area contributed by atoms with Gasteiger partial charge in [-0.15, -0.1) is 0 Å². The van der Waals surface area contributed by atoms with Crippen molar-refractivity contribution in [1.82, 2.24) is 20.2 Å². The largest absolute Gasteiger partial charge is 0.360 e. The first-order valence-electron chi connectivity index (χ1n) is 7.49. The van der Waals surface area contributed by atoms with Crippen molar-refractivity contribution in [1.29, 1.82) is 0 Å². The van der Waals surface area contributed by atoms with Crippen molar-refractivity contribution in [3.63, 3.8) is 0 Å². The van der Waals surface area contributed by atoms with Gasteiger partial charge >= 0.3 is 0 Å². The van der Waals surface area contributed by atoms with Crippen LogP contribution in [-0.4, -0.2) is 26.3 Å². The molecular formula is C16H15F2N5O. The van der Waals surface area contributed by atoms with Gasteiger partial charge in [0.1, 0.15) is 11.8 Å². The second-order valence-electron chi connectivity index (χ2n) is 5.63. The number of aromatic nitrogens is 4. The summed E-state index contributed by atoms with van der Waals surface area (Å²) in [4.78, 5) is 13.3. The summed E-state index contributed by atoms with van der Waals surface area (Å²) in [5.74, 6) is 0. The number of nitrogens with one attached hydrogen (secondary N) is 2. The number of hydrogen-bond donors (Lipinski definition) is 2. The molecule has 3 aromatic heterocycles. The Morgan fingerprint density at radius 3 is 3.00 bits per heavy atom. The topological polar surface area (TPSA) is 69.8 Å². The third-order valence-corrected chi connectivity index (χ3v) is 4.15. The number of pyridine rings is 1. The van der Waals surface area contributed by atoms with Crippen LogP contribution >= 0.6 is 0 Å². The fourth-order valence-electron chi connectivity index (χ4n) is 3.07. The highest BCUT2D eigenvalue weighted by Crippen LogP contribution is 2.39. The molecule has 1 aliphatic heterocycles. The van der Waals surface area contributed by atoms with Crippen LogP contribution in [-0.2, 0) is 4.84 Å². The number of aromatic amines is 2. The summed E-state index contributed by atoms with van der Waals surface area (Å²) in [5.41, 5.74) is 4.20. The Kier molecular flexibility index (Phi) is 3.34. The molecular weight excluding hydrogens is 316 g/mol. The van der Waals surface area contributed by atoms with Crippen LogP contribution in [0.15, 0.2) is 36.4 Å². The molecule has 0 saturated heterocycles. The highest BCUT2D eigenvalue weighted by molar-refractivity contribution is 5.83. The van der Waals surface area contributed by atoms with E-state index in [9.17, 15) is 8.78 Å². The highest BCUT2D eigenvalue weighted by atomic mass is 19.3. The van der Waals surface area contributed by atoms with E-state index in [0.717, 1.165) is 27.9 Å². The van der Waals surface area contributed by atoms with E-state index < -0.39 is 6.43 Å². The Bertz CT molecular complexity index is 929. The second-order valence-corrected chi connectivity index (χ2v) is 5.63. The maximum atomic E-state index is 13.1. The molecule has 0 saturated carbocycles. The second kappa shape index (κ2) is 5.41. The van der Waals surface area contributed by atoms with Crippen LogP contribution in [0, 0.1) is 0 Å². The van der Waals surface area contributed by atoms with Gasteiger partial charge in [0.15, 0.2) is 5.69 Å². The molecule has 124 valence electrons. The number of rotatable bonds is 3. The summed E-state index contributed by atoms with van der Waals surface area (Å²) in [7, 11) is 0. The molecule has 8 heteroatoms. The lowest BCUT2D eigenvalue weighted by Crippen LogP contribution is -2.19. The molecule has 1 atom stereocenters. The van der Waals surface area contributed by atoms with E-state index >= 15 is 0 Å². The summed E-state index contributed by atoms with van der Waals surface area (Å²) in [6, 6.07) is 3.87. The Morgan fingerprint density at radius 1 is 1.38 bits per heavy atom. The molecule has 6 nitrogen and oxygen atoms in total. The Labute approximate surface area is 136 Å². The van der Waals surface area contributed by atoms with Gasteiger partial charge in [-0.2, -0.15) is 5.10 Å². The highest BCUT2D eigenvalue weighted by Gasteiger charge is 2.33. The molecule has 0 spiro atoms. The summed E-state index contributed by atoms with van der Waals surface area (Å²) < 4.78 is 26.2. The zero-order valence-electron chi connectivity index (χ0n) is 13.0. The molecule has 0 aliphatic carbocycles. The number of fused-ring (bicyclic) bond motifs is 1. The van der Waals surface area contributed by atoms with Crippen molar-refractivity contribution in [3.05, 3.63) is 47.7 Å². The fourth-order valence-corrected chi connectivity index (χ4v) is 3.07. The van der Waals surface area contributed by atoms with E-state index in [-0.39, 0.29) is 17.5 Å². The number of hydroxylamine groups is 1. The van der Waals surface area contributed by atoms with Gasteiger partial charge in [-0.25, -0.2) is 13.8 Å². The van der Waals surface area contributed by atoms with Gasteiger partial charge in [-0.05, 0) is 26.0 Å². The van der Waals surface area contributed by atoms with Crippen LogP contribution in [0.3, 0.4) is 0 Å². The number of halogens is 2. The van der Waals surface area contributed by atoms with Crippen molar-refractivity contribution in [2.45, 2.75) is 26.4 Å².